The Bertz CT molecular complexity index is 363. The molecule has 25 heavy (non-hydrogen) atoms. The molecule has 0 heterocycles. The molecule has 0 radical (unpaired) electrons. The van der Waals surface area contributed by atoms with Crippen LogP contribution in [0.2, 0.25) is 0 Å². The lowest BCUT2D eigenvalue weighted by Gasteiger charge is -2.14. The van der Waals surface area contributed by atoms with Gasteiger partial charge in [-0.05, 0) is 38.7 Å². The molecule has 0 bridgehead atoms. The summed E-state index contributed by atoms with van der Waals surface area (Å²) < 4.78 is 5.29. The predicted octanol–water partition coefficient (Wildman–Crippen LogP) is 4.92. The third-order valence-electron chi connectivity index (χ3n) is 4.76. The van der Waals surface area contributed by atoms with Crippen LogP contribution in [-0.4, -0.2) is 35.5 Å². The molecule has 0 amide bonds. The Morgan fingerprint density at radius 2 is 1.44 bits per heavy atom. The Labute approximate surface area is 154 Å². The highest BCUT2D eigenvalue weighted by molar-refractivity contribution is 5.88. The van der Waals surface area contributed by atoms with Gasteiger partial charge in [0.05, 0.1) is 12.7 Å². The third-order valence-corrected chi connectivity index (χ3v) is 4.76. The van der Waals surface area contributed by atoms with Crippen molar-refractivity contribution in [2.45, 2.75) is 104 Å². The molecule has 4 heteroatoms. The van der Waals surface area contributed by atoms with Crippen molar-refractivity contribution in [3.8, 4) is 0 Å². The summed E-state index contributed by atoms with van der Waals surface area (Å²) in [6.45, 7) is 6.48. The minimum atomic E-state index is -0.554. The second-order valence-corrected chi connectivity index (χ2v) is 7.01. The first kappa shape index (κ1) is 24.1. The zero-order chi connectivity index (χ0) is 18.9. The van der Waals surface area contributed by atoms with Crippen LogP contribution in [0.25, 0.3) is 0 Å². The van der Waals surface area contributed by atoms with Crippen LogP contribution < -0.4 is 0 Å². The molecule has 0 rings (SSSR count). The fourth-order valence-electron chi connectivity index (χ4n) is 2.76. The second-order valence-electron chi connectivity index (χ2n) is 7.01. The second kappa shape index (κ2) is 16.6. The van der Waals surface area contributed by atoms with Crippen molar-refractivity contribution in [2.75, 3.05) is 13.2 Å². The number of aliphatic hydroxyl groups is 2. The average Bonchev–Trinajstić information content (AvgIpc) is 2.62. The SMILES string of the molecule is CCCCCCOC(=O)C(C)=C(C)C(O)CCCCCCCCCO. The minimum Gasteiger partial charge on any atom is -0.462 e. The van der Waals surface area contributed by atoms with Gasteiger partial charge in [0.1, 0.15) is 0 Å². The Balaban J connectivity index is 3.92. The third kappa shape index (κ3) is 13.1. The van der Waals surface area contributed by atoms with E-state index in [4.69, 9.17) is 9.84 Å². The number of carbonyl (C=O) groups excluding carboxylic acids is 1. The molecule has 0 fully saturated rings. The number of carbonyl (C=O) groups is 1. The van der Waals surface area contributed by atoms with Crippen molar-refractivity contribution in [2.24, 2.45) is 0 Å². The van der Waals surface area contributed by atoms with E-state index in [1.165, 1.54) is 32.1 Å². The normalized spacial score (nSPS) is 13.5. The highest BCUT2D eigenvalue weighted by atomic mass is 16.5. The summed E-state index contributed by atoms with van der Waals surface area (Å²) in [7, 11) is 0. The topological polar surface area (TPSA) is 66.8 Å². The molecule has 1 unspecified atom stereocenters. The van der Waals surface area contributed by atoms with E-state index < -0.39 is 6.10 Å². The number of hydrogen-bond donors (Lipinski definition) is 2. The highest BCUT2D eigenvalue weighted by Crippen LogP contribution is 2.17. The van der Waals surface area contributed by atoms with Crippen LogP contribution in [0, 0.1) is 0 Å². The molecule has 0 aromatic carbocycles. The fourth-order valence-corrected chi connectivity index (χ4v) is 2.76. The van der Waals surface area contributed by atoms with E-state index in [1.807, 2.05) is 6.92 Å². The molecule has 4 nitrogen and oxygen atoms in total. The first-order valence-electron chi connectivity index (χ1n) is 10.2. The van der Waals surface area contributed by atoms with Gasteiger partial charge in [0.2, 0.25) is 0 Å². The molecular weight excluding hydrogens is 316 g/mol. The summed E-state index contributed by atoms with van der Waals surface area (Å²) in [5.74, 6) is -0.295. The first-order valence-corrected chi connectivity index (χ1v) is 10.2. The zero-order valence-electron chi connectivity index (χ0n) is 16.7. The first-order chi connectivity index (χ1) is 12.0. The number of hydrogen-bond acceptors (Lipinski definition) is 4. The van der Waals surface area contributed by atoms with Crippen molar-refractivity contribution in [3.63, 3.8) is 0 Å². The van der Waals surface area contributed by atoms with Crippen LogP contribution >= 0.6 is 0 Å². The quantitative estimate of drug-likeness (QED) is 0.234. The molecule has 0 aliphatic rings. The Morgan fingerprint density at radius 1 is 0.880 bits per heavy atom. The zero-order valence-corrected chi connectivity index (χ0v) is 16.7. The molecule has 0 saturated heterocycles. The van der Waals surface area contributed by atoms with Crippen LogP contribution in [0.4, 0.5) is 0 Å². The Morgan fingerprint density at radius 3 is 2.04 bits per heavy atom. The maximum absolute atomic E-state index is 12.0. The predicted molar refractivity (Wildman–Crippen MR) is 104 cm³/mol. The Hall–Kier alpha value is -0.870. The molecule has 0 aliphatic carbocycles. The molecule has 2 N–H and O–H groups in total. The summed E-state index contributed by atoms with van der Waals surface area (Å²) in [5.41, 5.74) is 1.29. The van der Waals surface area contributed by atoms with E-state index in [0.29, 0.717) is 25.2 Å². The van der Waals surface area contributed by atoms with Crippen LogP contribution in [0.5, 0.6) is 0 Å². The molecule has 0 saturated carbocycles. The lowest BCUT2D eigenvalue weighted by atomic mass is 9.99. The van der Waals surface area contributed by atoms with Crippen LogP contribution in [0.1, 0.15) is 97.8 Å². The molecule has 0 spiro atoms. The Kier molecular flexibility index (Phi) is 16.0. The van der Waals surface area contributed by atoms with Gasteiger partial charge in [0.15, 0.2) is 0 Å². The maximum Gasteiger partial charge on any atom is 0.333 e. The molecular formula is C21H40O4. The van der Waals surface area contributed by atoms with Crippen LogP contribution in [0.15, 0.2) is 11.1 Å². The summed E-state index contributed by atoms with van der Waals surface area (Å²) in [6.07, 6.45) is 12.1. The molecule has 0 aliphatic heterocycles. The van der Waals surface area contributed by atoms with Gasteiger partial charge in [-0.2, -0.15) is 0 Å². The largest absolute Gasteiger partial charge is 0.462 e. The van der Waals surface area contributed by atoms with Gasteiger partial charge in [0, 0.05) is 12.2 Å². The van der Waals surface area contributed by atoms with Gasteiger partial charge in [-0.15, -0.1) is 0 Å². The highest BCUT2D eigenvalue weighted by Gasteiger charge is 2.15. The number of aliphatic hydroxyl groups excluding tert-OH is 2. The van der Waals surface area contributed by atoms with Crippen LogP contribution in [-0.2, 0) is 9.53 Å². The van der Waals surface area contributed by atoms with Gasteiger partial charge in [0.25, 0.3) is 0 Å². The van der Waals surface area contributed by atoms with Crippen LogP contribution in [0.3, 0.4) is 0 Å². The van der Waals surface area contributed by atoms with Gasteiger partial charge in [-0.25, -0.2) is 4.79 Å². The molecule has 0 aromatic rings. The lowest BCUT2D eigenvalue weighted by molar-refractivity contribution is -0.139. The van der Waals surface area contributed by atoms with Crippen molar-refractivity contribution in [3.05, 3.63) is 11.1 Å². The van der Waals surface area contributed by atoms with Crippen molar-refractivity contribution in [1.82, 2.24) is 0 Å². The monoisotopic (exact) mass is 356 g/mol. The van der Waals surface area contributed by atoms with E-state index in [2.05, 4.69) is 6.92 Å². The van der Waals surface area contributed by atoms with Gasteiger partial charge < -0.3 is 14.9 Å². The van der Waals surface area contributed by atoms with E-state index in [0.717, 1.165) is 44.1 Å². The van der Waals surface area contributed by atoms with Gasteiger partial charge in [-0.3, -0.25) is 0 Å². The fraction of sp³-hybridized carbons (Fsp3) is 0.857. The number of rotatable bonds is 16. The number of ether oxygens (including phenoxy) is 1. The number of unbranched alkanes of at least 4 members (excludes halogenated alkanes) is 9. The van der Waals surface area contributed by atoms with Gasteiger partial charge in [-0.1, -0.05) is 64.7 Å². The van der Waals surface area contributed by atoms with Crippen molar-refractivity contribution < 1.29 is 19.7 Å². The van der Waals surface area contributed by atoms with E-state index in [1.54, 1.807) is 6.92 Å². The van der Waals surface area contributed by atoms with E-state index in [-0.39, 0.29) is 5.97 Å². The minimum absolute atomic E-state index is 0.290. The van der Waals surface area contributed by atoms with Crippen molar-refractivity contribution >= 4 is 5.97 Å². The summed E-state index contributed by atoms with van der Waals surface area (Å²) in [6, 6.07) is 0. The standard InChI is InChI=1S/C21H40O4/c1-4-5-6-14-17-25-21(24)19(3)18(2)20(23)15-12-10-8-7-9-11-13-16-22/h20,22-23H,4-17H2,1-3H3. The van der Waals surface area contributed by atoms with Gasteiger partial charge >= 0.3 is 5.97 Å². The maximum atomic E-state index is 12.0. The number of esters is 1. The summed E-state index contributed by atoms with van der Waals surface area (Å²) in [4.78, 5) is 12.0. The average molecular weight is 357 g/mol. The summed E-state index contributed by atoms with van der Waals surface area (Å²) >= 11 is 0. The molecule has 148 valence electrons. The molecule has 1 atom stereocenters. The van der Waals surface area contributed by atoms with Crippen molar-refractivity contribution in [1.29, 1.82) is 0 Å². The molecule has 0 aromatic heterocycles. The van der Waals surface area contributed by atoms with E-state index in [9.17, 15) is 9.90 Å². The summed E-state index contributed by atoms with van der Waals surface area (Å²) in [5, 5.41) is 19.0. The van der Waals surface area contributed by atoms with E-state index >= 15 is 0 Å². The smallest absolute Gasteiger partial charge is 0.333 e. The lowest BCUT2D eigenvalue weighted by Crippen LogP contribution is -2.15.